The van der Waals surface area contributed by atoms with E-state index in [1.54, 1.807) is 11.3 Å². The zero-order valence-electron chi connectivity index (χ0n) is 14.4. The first-order valence-electron chi connectivity index (χ1n) is 9.31. The minimum absolute atomic E-state index is 0.701. The quantitative estimate of drug-likeness (QED) is 0.733. The predicted octanol–water partition coefficient (Wildman–Crippen LogP) is 4.13. The first kappa shape index (κ1) is 15.5. The molecule has 0 bridgehead atoms. The lowest BCUT2D eigenvalue weighted by molar-refractivity contribution is -0.368. The van der Waals surface area contributed by atoms with Crippen LogP contribution < -0.4 is 5.73 Å². The Balaban J connectivity index is 1.84. The van der Waals surface area contributed by atoms with Gasteiger partial charge < -0.3 is 10.3 Å². The Morgan fingerprint density at radius 2 is 1.79 bits per heavy atom. The molecule has 1 heterocycles. The third-order valence-corrected chi connectivity index (χ3v) is 5.47. The number of nitrogens with zero attached hydrogens (tertiary/aromatic N) is 1. The van der Waals surface area contributed by atoms with Gasteiger partial charge in [-0.05, 0) is 55.2 Å². The van der Waals surface area contributed by atoms with Gasteiger partial charge in [0.05, 0.1) is 6.54 Å². The third kappa shape index (κ3) is 2.76. The molecule has 1 aliphatic carbocycles. The van der Waals surface area contributed by atoms with Gasteiger partial charge in [0.15, 0.2) is 0 Å². The summed E-state index contributed by atoms with van der Waals surface area (Å²) in [5.41, 5.74) is 10.1. The lowest BCUT2D eigenvalue weighted by Gasteiger charge is -2.25. The maximum atomic E-state index is 4.05. The molecule has 0 amide bonds. The average Bonchev–Trinajstić information content (AvgIpc) is 2.96. The first-order chi connectivity index (χ1) is 11.9. The van der Waals surface area contributed by atoms with Crippen LogP contribution in [-0.2, 0) is 13.0 Å². The van der Waals surface area contributed by atoms with Crippen LogP contribution in [-0.4, -0.2) is 11.1 Å². The number of aromatic nitrogens is 1. The second kappa shape index (κ2) is 6.82. The Morgan fingerprint density at radius 1 is 1.00 bits per heavy atom. The molecule has 0 fully saturated rings. The molecule has 3 aromatic rings. The summed E-state index contributed by atoms with van der Waals surface area (Å²) in [6.07, 6.45) is 6.41. The number of quaternary nitrogens is 1. The largest absolute Gasteiger partial charge is 0.358 e. The van der Waals surface area contributed by atoms with Crippen LogP contribution in [0.3, 0.4) is 0 Å². The molecule has 1 aliphatic rings. The van der Waals surface area contributed by atoms with Crippen molar-refractivity contribution in [2.75, 3.05) is 6.54 Å². The summed E-state index contributed by atoms with van der Waals surface area (Å²) in [6.45, 7) is 2.03. The summed E-state index contributed by atoms with van der Waals surface area (Å²) in [4.78, 5) is 0. The molecule has 2 heteroatoms. The minimum atomic E-state index is 0.701. The molecule has 0 saturated carbocycles. The van der Waals surface area contributed by atoms with Crippen LogP contribution in [0.1, 0.15) is 48.4 Å². The fraction of sp³-hybridized carbons (Fsp3) is 0.364. The molecule has 0 saturated heterocycles. The molecular formula is C22H27N2+. The zero-order chi connectivity index (χ0) is 16.4. The highest BCUT2D eigenvalue weighted by Gasteiger charge is 2.27. The molecule has 0 aliphatic heterocycles. The Bertz CT molecular complexity index is 817. The molecule has 1 atom stereocenters. The summed E-state index contributed by atoms with van der Waals surface area (Å²) < 4.78 is 2.60. The smallest absolute Gasteiger partial charge is 0.0740 e. The number of rotatable bonds is 5. The van der Waals surface area contributed by atoms with Crippen LogP contribution in [0.4, 0.5) is 0 Å². The molecule has 24 heavy (non-hydrogen) atoms. The molecule has 2 nitrogen and oxygen atoms in total. The summed E-state index contributed by atoms with van der Waals surface area (Å²) in [5, 5.41) is 1.47. The van der Waals surface area contributed by atoms with Gasteiger partial charge in [-0.3, -0.25) is 0 Å². The Hall–Kier alpha value is -2.06. The number of para-hydroxylation sites is 1. The van der Waals surface area contributed by atoms with Crippen LogP contribution in [0, 0.1) is 0 Å². The Morgan fingerprint density at radius 3 is 2.62 bits per heavy atom. The molecule has 124 valence electrons. The van der Waals surface area contributed by atoms with E-state index < -0.39 is 0 Å². The summed E-state index contributed by atoms with van der Waals surface area (Å²) in [5.74, 6) is 0.701. The molecule has 2 aromatic carbocycles. The highest BCUT2D eigenvalue weighted by molar-refractivity contribution is 5.86. The van der Waals surface area contributed by atoms with Crippen molar-refractivity contribution in [3.05, 3.63) is 71.4 Å². The lowest BCUT2D eigenvalue weighted by atomic mass is 9.84. The highest BCUT2D eigenvalue weighted by atomic mass is 15.0. The van der Waals surface area contributed by atoms with Crippen molar-refractivity contribution in [1.29, 1.82) is 0 Å². The second-order valence-electron chi connectivity index (χ2n) is 7.04. The van der Waals surface area contributed by atoms with E-state index in [0.717, 1.165) is 13.1 Å². The summed E-state index contributed by atoms with van der Waals surface area (Å²) in [6, 6.07) is 19.9. The first-order valence-corrected chi connectivity index (χ1v) is 9.31. The molecule has 4 rings (SSSR count). The van der Waals surface area contributed by atoms with E-state index in [4.69, 9.17) is 0 Å². The van der Waals surface area contributed by atoms with Crippen LogP contribution >= 0.6 is 0 Å². The average molecular weight is 319 g/mol. The summed E-state index contributed by atoms with van der Waals surface area (Å²) >= 11 is 0. The number of benzene rings is 2. The minimum Gasteiger partial charge on any atom is -0.358 e. The van der Waals surface area contributed by atoms with Gasteiger partial charge in [0.2, 0.25) is 0 Å². The van der Waals surface area contributed by atoms with Gasteiger partial charge >= 0.3 is 0 Å². The van der Waals surface area contributed by atoms with Gasteiger partial charge in [-0.25, -0.2) is 0 Å². The van der Waals surface area contributed by atoms with E-state index in [0.29, 0.717) is 5.92 Å². The number of hydrogen-bond acceptors (Lipinski definition) is 0. The van der Waals surface area contributed by atoms with Gasteiger partial charge in [-0.1, -0.05) is 48.5 Å². The van der Waals surface area contributed by atoms with Crippen LogP contribution in [0.25, 0.3) is 10.9 Å². The fourth-order valence-corrected chi connectivity index (χ4v) is 4.39. The van der Waals surface area contributed by atoms with E-state index >= 15 is 0 Å². The van der Waals surface area contributed by atoms with Crippen LogP contribution in [0.5, 0.6) is 0 Å². The fourth-order valence-electron chi connectivity index (χ4n) is 4.39. The molecule has 0 unspecified atom stereocenters. The van der Waals surface area contributed by atoms with Crippen LogP contribution in [0.2, 0.25) is 0 Å². The van der Waals surface area contributed by atoms with Crippen molar-refractivity contribution in [3.8, 4) is 0 Å². The van der Waals surface area contributed by atoms with Crippen molar-refractivity contribution in [3.63, 3.8) is 0 Å². The van der Waals surface area contributed by atoms with E-state index in [1.807, 2.05) is 0 Å². The normalized spacial score (nSPS) is 17.1. The van der Waals surface area contributed by atoms with Gasteiger partial charge in [0, 0.05) is 23.1 Å². The maximum absolute atomic E-state index is 4.05. The van der Waals surface area contributed by atoms with E-state index in [1.165, 1.54) is 48.6 Å². The SMILES string of the molecule is [NH3+]CCC[C@@H]1CCCc2c1n(Cc1ccccc1)c1ccccc21. The van der Waals surface area contributed by atoms with E-state index in [9.17, 15) is 0 Å². The van der Waals surface area contributed by atoms with E-state index in [-0.39, 0.29) is 0 Å². The monoisotopic (exact) mass is 319 g/mol. The van der Waals surface area contributed by atoms with Gasteiger partial charge in [-0.2, -0.15) is 0 Å². The van der Waals surface area contributed by atoms with Crippen molar-refractivity contribution in [1.82, 2.24) is 4.57 Å². The Kier molecular flexibility index (Phi) is 4.40. The zero-order valence-corrected chi connectivity index (χ0v) is 14.4. The van der Waals surface area contributed by atoms with Crippen LogP contribution in [0.15, 0.2) is 54.6 Å². The standard InChI is InChI=1S/C22H26N2/c23-15-7-11-18-10-6-13-20-19-12-4-5-14-21(19)24(22(18)20)16-17-8-2-1-3-9-17/h1-5,8-9,12,14,18H,6-7,10-11,13,15-16,23H2/p+1/t18-/m0/s1. The molecule has 0 spiro atoms. The van der Waals surface area contributed by atoms with Crippen molar-refractivity contribution < 1.29 is 5.73 Å². The van der Waals surface area contributed by atoms with Crippen molar-refractivity contribution in [2.24, 2.45) is 0 Å². The number of aryl methyl sites for hydroxylation is 1. The van der Waals surface area contributed by atoms with E-state index in [2.05, 4.69) is 64.9 Å². The topological polar surface area (TPSA) is 32.6 Å². The Labute approximate surface area is 144 Å². The number of hydrogen-bond donors (Lipinski definition) is 1. The van der Waals surface area contributed by atoms with Gasteiger partial charge in [0.25, 0.3) is 0 Å². The maximum Gasteiger partial charge on any atom is 0.0740 e. The molecule has 1 aromatic heterocycles. The van der Waals surface area contributed by atoms with Crippen molar-refractivity contribution >= 4 is 10.9 Å². The summed E-state index contributed by atoms with van der Waals surface area (Å²) in [7, 11) is 0. The predicted molar refractivity (Wildman–Crippen MR) is 100 cm³/mol. The van der Waals surface area contributed by atoms with Crippen molar-refractivity contribution in [2.45, 2.75) is 44.6 Å². The number of fused-ring (bicyclic) bond motifs is 3. The molecule has 0 radical (unpaired) electrons. The van der Waals surface area contributed by atoms with Gasteiger partial charge in [-0.15, -0.1) is 0 Å². The lowest BCUT2D eigenvalue weighted by Crippen LogP contribution is -2.50. The molecular weight excluding hydrogens is 292 g/mol. The third-order valence-electron chi connectivity index (χ3n) is 5.47. The highest BCUT2D eigenvalue weighted by Crippen LogP contribution is 2.40. The molecule has 3 N–H and O–H groups in total. The van der Waals surface area contributed by atoms with Gasteiger partial charge in [0.1, 0.15) is 0 Å². The second-order valence-corrected chi connectivity index (χ2v) is 7.04.